The van der Waals surface area contributed by atoms with Gasteiger partial charge in [-0.3, -0.25) is 9.89 Å². The van der Waals surface area contributed by atoms with E-state index in [1.807, 2.05) is 30.3 Å². The van der Waals surface area contributed by atoms with E-state index in [2.05, 4.69) is 9.89 Å². The minimum atomic E-state index is -4.42. The summed E-state index contributed by atoms with van der Waals surface area (Å²) in [4.78, 5) is 6.40. The third kappa shape index (κ3) is 5.14. The van der Waals surface area contributed by atoms with Gasteiger partial charge >= 0.3 is 6.18 Å². The standard InChI is InChI=1S/C21H21ClF3N3/c22-20(27-12-16-8-4-5-9-18(16)21(23,24)25)17-14-28(11-10-19(17)26)13-15-6-2-1-3-7-15/h1-9H,10-14,26H2. The van der Waals surface area contributed by atoms with E-state index >= 15 is 0 Å². The molecule has 0 spiro atoms. The number of hydrogen-bond donors (Lipinski definition) is 1. The van der Waals surface area contributed by atoms with Crippen LogP contribution in [0.25, 0.3) is 0 Å². The van der Waals surface area contributed by atoms with Gasteiger partial charge < -0.3 is 5.73 Å². The van der Waals surface area contributed by atoms with E-state index < -0.39 is 11.7 Å². The van der Waals surface area contributed by atoms with E-state index in [0.29, 0.717) is 24.2 Å². The summed E-state index contributed by atoms with van der Waals surface area (Å²) in [7, 11) is 0. The second-order valence-corrected chi connectivity index (χ2v) is 7.07. The minimum absolute atomic E-state index is 0.0873. The van der Waals surface area contributed by atoms with Crippen LogP contribution in [0.15, 0.2) is 70.9 Å². The number of nitrogens with two attached hydrogens (primary N) is 1. The second-order valence-electron chi connectivity index (χ2n) is 6.71. The van der Waals surface area contributed by atoms with Gasteiger partial charge in [-0.05, 0) is 17.2 Å². The highest BCUT2D eigenvalue weighted by atomic mass is 35.5. The first-order valence-electron chi connectivity index (χ1n) is 8.94. The lowest BCUT2D eigenvalue weighted by Crippen LogP contribution is -2.34. The molecular weight excluding hydrogens is 387 g/mol. The van der Waals surface area contributed by atoms with Crippen molar-refractivity contribution in [1.82, 2.24) is 4.90 Å². The molecule has 0 saturated heterocycles. The third-order valence-corrected chi connectivity index (χ3v) is 5.02. The Kier molecular flexibility index (Phi) is 6.42. The van der Waals surface area contributed by atoms with Gasteiger partial charge in [0.2, 0.25) is 0 Å². The predicted molar refractivity (Wildman–Crippen MR) is 106 cm³/mol. The Balaban J connectivity index is 1.73. The van der Waals surface area contributed by atoms with Crippen LogP contribution in [0.3, 0.4) is 0 Å². The molecule has 2 aromatic rings. The Morgan fingerprint density at radius 1 is 1.07 bits per heavy atom. The number of nitrogens with zero attached hydrogens (tertiary/aromatic N) is 2. The van der Waals surface area contributed by atoms with Crippen molar-refractivity contribution in [2.75, 3.05) is 13.1 Å². The lowest BCUT2D eigenvalue weighted by Gasteiger charge is -2.29. The van der Waals surface area contributed by atoms with E-state index in [1.165, 1.54) is 17.7 Å². The fourth-order valence-electron chi connectivity index (χ4n) is 3.19. The quantitative estimate of drug-likeness (QED) is 0.711. The highest BCUT2D eigenvalue weighted by molar-refractivity contribution is 6.69. The SMILES string of the molecule is NC1=C(C(Cl)=NCc2ccccc2C(F)(F)F)CN(Cc2ccccc2)CC1. The van der Waals surface area contributed by atoms with Gasteiger partial charge in [0.1, 0.15) is 5.17 Å². The van der Waals surface area contributed by atoms with Crippen molar-refractivity contribution in [1.29, 1.82) is 0 Å². The van der Waals surface area contributed by atoms with Gasteiger partial charge in [0.05, 0.1) is 12.1 Å². The molecule has 1 aliphatic heterocycles. The monoisotopic (exact) mass is 407 g/mol. The van der Waals surface area contributed by atoms with Gasteiger partial charge in [-0.15, -0.1) is 0 Å². The molecule has 3 nitrogen and oxygen atoms in total. The molecule has 0 fully saturated rings. The molecule has 1 heterocycles. The van der Waals surface area contributed by atoms with Gasteiger partial charge in [-0.25, -0.2) is 0 Å². The van der Waals surface area contributed by atoms with Crippen LogP contribution in [0, 0.1) is 0 Å². The first-order chi connectivity index (χ1) is 13.3. The predicted octanol–water partition coefficient (Wildman–Crippen LogP) is 4.96. The van der Waals surface area contributed by atoms with Gasteiger partial charge in [0.25, 0.3) is 0 Å². The summed E-state index contributed by atoms with van der Waals surface area (Å²) in [6, 6.07) is 15.4. The van der Waals surface area contributed by atoms with Crippen LogP contribution in [-0.2, 0) is 19.3 Å². The van der Waals surface area contributed by atoms with Crippen molar-refractivity contribution in [3.05, 3.63) is 82.6 Å². The number of aliphatic imine (C=N–C) groups is 1. The lowest BCUT2D eigenvalue weighted by molar-refractivity contribution is -0.138. The van der Waals surface area contributed by atoms with E-state index in [9.17, 15) is 13.2 Å². The summed E-state index contributed by atoms with van der Waals surface area (Å²) in [6.45, 7) is 1.91. The maximum absolute atomic E-state index is 13.1. The van der Waals surface area contributed by atoms with E-state index in [-0.39, 0.29) is 17.3 Å². The second kappa shape index (κ2) is 8.80. The van der Waals surface area contributed by atoms with Crippen molar-refractivity contribution in [2.45, 2.75) is 25.7 Å². The molecule has 0 saturated carbocycles. The Morgan fingerprint density at radius 2 is 1.75 bits per heavy atom. The topological polar surface area (TPSA) is 41.6 Å². The molecule has 0 aliphatic carbocycles. The van der Waals surface area contributed by atoms with Gasteiger partial charge in [0.15, 0.2) is 0 Å². The third-order valence-electron chi connectivity index (χ3n) is 4.68. The van der Waals surface area contributed by atoms with Crippen LogP contribution in [-0.4, -0.2) is 23.2 Å². The molecule has 0 atom stereocenters. The largest absolute Gasteiger partial charge is 0.416 e. The number of rotatable bonds is 5. The maximum Gasteiger partial charge on any atom is 0.416 e. The van der Waals surface area contributed by atoms with E-state index in [4.69, 9.17) is 17.3 Å². The van der Waals surface area contributed by atoms with Crippen LogP contribution in [0.1, 0.15) is 23.1 Å². The molecule has 0 radical (unpaired) electrons. The summed E-state index contributed by atoms with van der Waals surface area (Å²) >= 11 is 6.34. The van der Waals surface area contributed by atoms with Crippen LogP contribution in [0.4, 0.5) is 13.2 Å². The first-order valence-corrected chi connectivity index (χ1v) is 9.31. The average molecular weight is 408 g/mol. The molecule has 148 valence electrons. The minimum Gasteiger partial charge on any atom is -0.402 e. The van der Waals surface area contributed by atoms with Crippen LogP contribution >= 0.6 is 11.6 Å². The highest BCUT2D eigenvalue weighted by Gasteiger charge is 2.32. The smallest absolute Gasteiger partial charge is 0.402 e. The Morgan fingerprint density at radius 3 is 2.46 bits per heavy atom. The van der Waals surface area contributed by atoms with Gasteiger partial charge in [-0.1, -0.05) is 60.1 Å². The van der Waals surface area contributed by atoms with Crippen LogP contribution < -0.4 is 5.73 Å². The number of benzene rings is 2. The van der Waals surface area contributed by atoms with E-state index in [0.717, 1.165) is 19.2 Å². The molecule has 0 bridgehead atoms. The van der Waals surface area contributed by atoms with E-state index in [1.54, 1.807) is 6.07 Å². The van der Waals surface area contributed by atoms with Crippen molar-refractivity contribution < 1.29 is 13.2 Å². The highest BCUT2D eigenvalue weighted by Crippen LogP contribution is 2.32. The fourth-order valence-corrected chi connectivity index (χ4v) is 3.43. The van der Waals surface area contributed by atoms with Crippen LogP contribution in [0.2, 0.25) is 0 Å². The van der Waals surface area contributed by atoms with Gasteiger partial charge in [-0.2, -0.15) is 13.2 Å². The van der Waals surface area contributed by atoms with Crippen molar-refractivity contribution in [3.8, 4) is 0 Å². The normalized spacial score (nSPS) is 16.5. The molecule has 0 aromatic heterocycles. The van der Waals surface area contributed by atoms with Gasteiger partial charge in [0, 0.05) is 37.3 Å². The molecular formula is C21H21ClF3N3. The molecule has 2 N–H and O–H groups in total. The lowest BCUT2D eigenvalue weighted by atomic mass is 10.1. The fraction of sp³-hybridized carbons (Fsp3) is 0.286. The zero-order chi connectivity index (χ0) is 20.1. The number of halogens is 4. The summed E-state index contributed by atoms with van der Waals surface area (Å²) in [5.41, 5.74) is 8.01. The number of alkyl halides is 3. The molecule has 2 aromatic carbocycles. The summed E-state index contributed by atoms with van der Waals surface area (Å²) in [5.74, 6) is 0. The van der Waals surface area contributed by atoms with Crippen molar-refractivity contribution >= 4 is 16.8 Å². The Bertz CT molecular complexity index is 876. The number of hydrogen-bond acceptors (Lipinski definition) is 3. The zero-order valence-electron chi connectivity index (χ0n) is 15.2. The van der Waals surface area contributed by atoms with Crippen molar-refractivity contribution in [2.24, 2.45) is 10.7 Å². The summed E-state index contributed by atoms with van der Waals surface area (Å²) < 4.78 is 39.4. The average Bonchev–Trinajstić information content (AvgIpc) is 2.68. The Hall–Kier alpha value is -2.31. The molecule has 7 heteroatoms. The molecule has 1 aliphatic rings. The first kappa shape index (κ1) is 20.4. The molecule has 0 amide bonds. The molecule has 3 rings (SSSR count). The Labute approximate surface area is 167 Å². The molecule has 28 heavy (non-hydrogen) atoms. The summed E-state index contributed by atoms with van der Waals surface area (Å²) in [6.07, 6.45) is -3.78. The molecule has 0 unspecified atom stereocenters. The maximum atomic E-state index is 13.1. The van der Waals surface area contributed by atoms with Crippen molar-refractivity contribution in [3.63, 3.8) is 0 Å². The van der Waals surface area contributed by atoms with Crippen LogP contribution in [0.5, 0.6) is 0 Å². The zero-order valence-corrected chi connectivity index (χ0v) is 16.0. The summed E-state index contributed by atoms with van der Waals surface area (Å²) in [5, 5.41) is 0.173.